The van der Waals surface area contributed by atoms with Crippen molar-refractivity contribution in [2.24, 2.45) is 0 Å². The highest BCUT2D eigenvalue weighted by Gasteiger charge is 2.06. The van der Waals surface area contributed by atoms with E-state index in [1.54, 1.807) is 6.20 Å². The van der Waals surface area contributed by atoms with Crippen molar-refractivity contribution >= 4 is 11.6 Å². The molecule has 1 aromatic heterocycles. The third-order valence-corrected chi connectivity index (χ3v) is 2.97. The quantitative estimate of drug-likeness (QED) is 0.676. The fourth-order valence-corrected chi connectivity index (χ4v) is 2.02. The molecule has 2 aromatic carbocycles. The summed E-state index contributed by atoms with van der Waals surface area (Å²) < 4.78 is 0. The van der Waals surface area contributed by atoms with Crippen LogP contribution in [0, 0.1) is 0 Å². The fourth-order valence-electron chi connectivity index (χ4n) is 2.02. The fraction of sp³-hybridized carbons (Fsp3) is 0. The average molecular weight is 259 g/mol. The van der Waals surface area contributed by atoms with Gasteiger partial charge in [-0.15, -0.1) is 10.2 Å². The molecule has 0 aliphatic rings. The van der Waals surface area contributed by atoms with Crippen LogP contribution in [0.25, 0.3) is 11.6 Å². The van der Waals surface area contributed by atoms with E-state index < -0.39 is 0 Å². The van der Waals surface area contributed by atoms with Gasteiger partial charge in [-0.2, -0.15) is 0 Å². The Balaban J connectivity index is 2.12. The smallest absolute Gasteiger partial charge is 0.0969 e. The van der Waals surface area contributed by atoms with Gasteiger partial charge in [0.1, 0.15) is 0 Å². The topological polar surface area (TPSA) is 38.7 Å². The number of benzene rings is 2. The summed E-state index contributed by atoms with van der Waals surface area (Å²) in [4.78, 5) is 0. The lowest BCUT2D eigenvalue weighted by Gasteiger charge is -2.06. The first-order valence-corrected chi connectivity index (χ1v) is 6.40. The molecule has 3 rings (SSSR count). The number of nitrogens with zero attached hydrogens (tertiary/aromatic N) is 3. The molecule has 0 unspecified atom stereocenters. The van der Waals surface area contributed by atoms with Crippen molar-refractivity contribution in [3.8, 4) is 0 Å². The van der Waals surface area contributed by atoms with E-state index in [-0.39, 0.29) is 0 Å². The van der Waals surface area contributed by atoms with Gasteiger partial charge in [0.2, 0.25) is 0 Å². The molecule has 0 N–H and O–H groups in total. The third kappa shape index (κ3) is 2.78. The van der Waals surface area contributed by atoms with Gasteiger partial charge in [-0.05, 0) is 28.5 Å². The molecule has 0 saturated heterocycles. The first-order chi connectivity index (χ1) is 9.93. The Bertz CT molecular complexity index is 651. The van der Waals surface area contributed by atoms with Crippen LogP contribution in [0.15, 0.2) is 72.9 Å². The lowest BCUT2D eigenvalue weighted by Crippen LogP contribution is -1.95. The van der Waals surface area contributed by atoms with Crippen molar-refractivity contribution in [1.82, 2.24) is 15.4 Å². The van der Waals surface area contributed by atoms with Gasteiger partial charge in [-0.25, -0.2) is 0 Å². The van der Waals surface area contributed by atoms with Gasteiger partial charge < -0.3 is 0 Å². The molecule has 0 spiro atoms. The van der Waals surface area contributed by atoms with Crippen molar-refractivity contribution < 1.29 is 0 Å². The van der Waals surface area contributed by atoms with E-state index in [1.807, 2.05) is 42.5 Å². The summed E-state index contributed by atoms with van der Waals surface area (Å²) >= 11 is 0. The zero-order chi connectivity index (χ0) is 13.6. The number of rotatable bonds is 3. The maximum Gasteiger partial charge on any atom is 0.0969 e. The predicted octanol–water partition coefficient (Wildman–Crippen LogP) is 3.46. The first-order valence-electron chi connectivity index (χ1n) is 6.40. The molecule has 3 aromatic rings. The normalized spacial score (nSPS) is 11.3. The standard InChI is InChI=1S/C17H13N3/c1-3-7-14(8-4-1)13-16(15-9-5-2-6-10-15)17-11-12-18-20-19-17/h1-13H. The summed E-state index contributed by atoms with van der Waals surface area (Å²) in [5.74, 6) is 0. The minimum Gasteiger partial charge on any atom is -0.139 e. The molecule has 0 radical (unpaired) electrons. The number of hydrogen-bond donors (Lipinski definition) is 0. The Morgan fingerprint density at radius 2 is 1.50 bits per heavy atom. The molecule has 0 atom stereocenters. The molecule has 0 amide bonds. The Hall–Kier alpha value is -2.81. The molecule has 0 fully saturated rings. The Morgan fingerprint density at radius 1 is 0.800 bits per heavy atom. The Morgan fingerprint density at radius 3 is 2.15 bits per heavy atom. The van der Waals surface area contributed by atoms with E-state index in [0.29, 0.717) is 0 Å². The second-order valence-electron chi connectivity index (χ2n) is 4.34. The van der Waals surface area contributed by atoms with Crippen LogP contribution in [-0.4, -0.2) is 15.4 Å². The molecular formula is C17H13N3. The maximum absolute atomic E-state index is 4.12. The zero-order valence-electron chi connectivity index (χ0n) is 10.8. The predicted molar refractivity (Wildman–Crippen MR) is 79.7 cm³/mol. The summed E-state index contributed by atoms with van der Waals surface area (Å²) in [6.45, 7) is 0. The minimum atomic E-state index is 0.815. The highest BCUT2D eigenvalue weighted by molar-refractivity contribution is 5.89. The van der Waals surface area contributed by atoms with Crippen LogP contribution in [0.5, 0.6) is 0 Å². The van der Waals surface area contributed by atoms with Gasteiger partial charge in [0.05, 0.1) is 11.9 Å². The largest absolute Gasteiger partial charge is 0.139 e. The molecule has 0 aliphatic heterocycles. The first kappa shape index (κ1) is 12.2. The monoisotopic (exact) mass is 259 g/mol. The Kier molecular flexibility index (Phi) is 3.60. The molecule has 3 nitrogen and oxygen atoms in total. The molecule has 1 heterocycles. The van der Waals surface area contributed by atoms with Gasteiger partial charge in [0.25, 0.3) is 0 Å². The van der Waals surface area contributed by atoms with E-state index in [1.165, 1.54) is 0 Å². The van der Waals surface area contributed by atoms with Crippen LogP contribution in [0.1, 0.15) is 16.8 Å². The SMILES string of the molecule is C(=C(c1ccccc1)c1ccnnn1)c1ccccc1. The van der Waals surface area contributed by atoms with Crippen molar-refractivity contribution in [2.75, 3.05) is 0 Å². The third-order valence-electron chi connectivity index (χ3n) is 2.97. The number of aromatic nitrogens is 3. The van der Waals surface area contributed by atoms with Crippen molar-refractivity contribution in [3.63, 3.8) is 0 Å². The van der Waals surface area contributed by atoms with Crippen molar-refractivity contribution in [2.45, 2.75) is 0 Å². The molecule has 3 heteroatoms. The van der Waals surface area contributed by atoms with Crippen LogP contribution in [0.2, 0.25) is 0 Å². The Labute approximate surface area is 117 Å². The van der Waals surface area contributed by atoms with Gasteiger partial charge in [0.15, 0.2) is 0 Å². The molecular weight excluding hydrogens is 246 g/mol. The summed E-state index contributed by atoms with van der Waals surface area (Å²) in [7, 11) is 0. The van der Waals surface area contributed by atoms with Gasteiger partial charge >= 0.3 is 0 Å². The average Bonchev–Trinajstić information content (AvgIpc) is 2.55. The van der Waals surface area contributed by atoms with Crippen LogP contribution in [0.4, 0.5) is 0 Å². The summed E-state index contributed by atoms with van der Waals surface area (Å²) in [6.07, 6.45) is 3.77. The zero-order valence-corrected chi connectivity index (χ0v) is 10.8. The summed E-state index contributed by atoms with van der Waals surface area (Å²) in [6, 6.07) is 22.2. The van der Waals surface area contributed by atoms with Crippen LogP contribution >= 0.6 is 0 Å². The van der Waals surface area contributed by atoms with E-state index in [4.69, 9.17) is 0 Å². The lowest BCUT2D eigenvalue weighted by atomic mass is 10.00. The van der Waals surface area contributed by atoms with E-state index in [9.17, 15) is 0 Å². The van der Waals surface area contributed by atoms with Crippen LogP contribution < -0.4 is 0 Å². The van der Waals surface area contributed by atoms with Crippen LogP contribution in [-0.2, 0) is 0 Å². The summed E-state index contributed by atoms with van der Waals surface area (Å²) in [5.41, 5.74) is 4.09. The molecule has 96 valence electrons. The summed E-state index contributed by atoms with van der Waals surface area (Å²) in [5, 5.41) is 11.6. The second-order valence-corrected chi connectivity index (χ2v) is 4.34. The molecule has 0 bridgehead atoms. The van der Waals surface area contributed by atoms with Gasteiger partial charge in [-0.1, -0.05) is 60.7 Å². The molecule has 0 saturated carbocycles. The lowest BCUT2D eigenvalue weighted by molar-refractivity contribution is 0.855. The van der Waals surface area contributed by atoms with E-state index in [0.717, 1.165) is 22.4 Å². The van der Waals surface area contributed by atoms with Crippen molar-refractivity contribution in [1.29, 1.82) is 0 Å². The maximum atomic E-state index is 4.12. The van der Waals surface area contributed by atoms with E-state index in [2.05, 4.69) is 45.8 Å². The van der Waals surface area contributed by atoms with E-state index >= 15 is 0 Å². The highest BCUT2D eigenvalue weighted by atomic mass is 15.3. The number of hydrogen-bond acceptors (Lipinski definition) is 3. The molecule has 20 heavy (non-hydrogen) atoms. The highest BCUT2D eigenvalue weighted by Crippen LogP contribution is 2.23. The van der Waals surface area contributed by atoms with Crippen LogP contribution in [0.3, 0.4) is 0 Å². The second kappa shape index (κ2) is 5.89. The van der Waals surface area contributed by atoms with Gasteiger partial charge in [0, 0.05) is 5.57 Å². The van der Waals surface area contributed by atoms with Crippen molar-refractivity contribution in [3.05, 3.63) is 89.7 Å². The minimum absolute atomic E-state index is 0.815. The van der Waals surface area contributed by atoms with Gasteiger partial charge in [-0.3, -0.25) is 0 Å². The molecule has 0 aliphatic carbocycles.